The first kappa shape index (κ1) is 16.3. The Morgan fingerprint density at radius 3 is 2.92 bits per heavy atom. The van der Waals surface area contributed by atoms with Crippen molar-refractivity contribution in [3.05, 3.63) is 36.4 Å². The molecular formula is C18H26N6O. The fourth-order valence-corrected chi connectivity index (χ4v) is 4.30. The maximum absolute atomic E-state index is 13.0. The first-order valence-electron chi connectivity index (χ1n) is 9.21. The van der Waals surface area contributed by atoms with E-state index < -0.39 is 0 Å². The summed E-state index contributed by atoms with van der Waals surface area (Å²) in [5.74, 6) is 0.313. The predicted octanol–water partition coefficient (Wildman–Crippen LogP) is 1.22. The van der Waals surface area contributed by atoms with Gasteiger partial charge in [0.1, 0.15) is 0 Å². The van der Waals surface area contributed by atoms with Gasteiger partial charge in [-0.05, 0) is 24.5 Å². The van der Waals surface area contributed by atoms with Crippen LogP contribution in [0.15, 0.2) is 30.9 Å². The maximum atomic E-state index is 13.0. The van der Waals surface area contributed by atoms with Crippen molar-refractivity contribution in [1.29, 1.82) is 0 Å². The van der Waals surface area contributed by atoms with Gasteiger partial charge in [0, 0.05) is 44.6 Å². The van der Waals surface area contributed by atoms with Crippen molar-refractivity contribution < 1.29 is 4.79 Å². The van der Waals surface area contributed by atoms with Gasteiger partial charge < -0.3 is 10.6 Å². The third-order valence-corrected chi connectivity index (χ3v) is 5.63. The molecule has 0 radical (unpaired) electrons. The molecule has 2 aromatic heterocycles. The molecule has 0 spiro atoms. The number of nitrogens with zero attached hydrogens (tertiary/aromatic N) is 4. The molecule has 1 saturated heterocycles. The molecule has 134 valence electrons. The second-order valence-electron chi connectivity index (χ2n) is 7.27. The van der Waals surface area contributed by atoms with Crippen molar-refractivity contribution in [2.75, 3.05) is 13.1 Å². The first-order valence-corrected chi connectivity index (χ1v) is 9.21. The highest BCUT2D eigenvalue weighted by Gasteiger charge is 2.37. The number of aryl methyl sites for hydroxylation is 1. The second-order valence-corrected chi connectivity index (χ2v) is 7.27. The van der Waals surface area contributed by atoms with E-state index in [1.807, 2.05) is 42.6 Å². The summed E-state index contributed by atoms with van der Waals surface area (Å²) >= 11 is 0. The van der Waals surface area contributed by atoms with Crippen LogP contribution in [0.25, 0.3) is 0 Å². The van der Waals surface area contributed by atoms with E-state index in [9.17, 15) is 4.79 Å². The molecule has 7 heteroatoms. The molecule has 2 aromatic rings. The SMILES string of the molecule is Cn1cc([C@H]2CNC[C@@H]2C(=O)NC2CCCCC2n2cccn2)cn1. The Hall–Kier alpha value is -2.15. The van der Waals surface area contributed by atoms with Gasteiger partial charge in [-0.25, -0.2) is 0 Å². The van der Waals surface area contributed by atoms with Gasteiger partial charge in [0.05, 0.1) is 24.2 Å². The molecule has 0 bridgehead atoms. The first-order chi connectivity index (χ1) is 12.2. The van der Waals surface area contributed by atoms with Crippen LogP contribution in [-0.2, 0) is 11.8 Å². The standard InChI is InChI=1S/C18H26N6O/c1-23-12-13(9-21-23)14-10-19-11-15(14)18(25)22-16-5-2-3-6-17(16)24-8-4-7-20-24/h4,7-9,12,14-17,19H,2-3,5-6,10-11H2,1H3,(H,22,25)/t14-,15+,16?,17?/m1/s1. The largest absolute Gasteiger partial charge is 0.351 e. The zero-order chi connectivity index (χ0) is 17.2. The minimum Gasteiger partial charge on any atom is -0.351 e. The van der Waals surface area contributed by atoms with Crippen LogP contribution in [-0.4, -0.2) is 44.6 Å². The molecule has 0 aromatic carbocycles. The Balaban J connectivity index is 1.46. The number of carbonyl (C=O) groups excluding carboxylic acids is 1. The van der Waals surface area contributed by atoms with E-state index in [0.29, 0.717) is 0 Å². The van der Waals surface area contributed by atoms with Gasteiger partial charge in [0.2, 0.25) is 5.91 Å². The highest BCUT2D eigenvalue weighted by molar-refractivity contribution is 5.80. The smallest absolute Gasteiger partial charge is 0.225 e. The number of hydrogen-bond donors (Lipinski definition) is 2. The summed E-state index contributed by atoms with van der Waals surface area (Å²) < 4.78 is 3.81. The van der Waals surface area contributed by atoms with Gasteiger partial charge in [-0.3, -0.25) is 14.2 Å². The second kappa shape index (κ2) is 7.00. The van der Waals surface area contributed by atoms with Crippen LogP contribution in [0.1, 0.15) is 43.2 Å². The monoisotopic (exact) mass is 342 g/mol. The zero-order valence-corrected chi connectivity index (χ0v) is 14.6. The third-order valence-electron chi connectivity index (χ3n) is 5.63. The normalized spacial score (nSPS) is 29.6. The molecule has 25 heavy (non-hydrogen) atoms. The van der Waals surface area contributed by atoms with Crippen LogP contribution in [0.3, 0.4) is 0 Å². The van der Waals surface area contributed by atoms with Gasteiger partial charge >= 0.3 is 0 Å². The van der Waals surface area contributed by atoms with E-state index in [1.54, 1.807) is 4.68 Å². The van der Waals surface area contributed by atoms with Crippen molar-refractivity contribution >= 4 is 5.91 Å². The van der Waals surface area contributed by atoms with E-state index >= 15 is 0 Å². The fraction of sp³-hybridized carbons (Fsp3) is 0.611. The topological polar surface area (TPSA) is 76.8 Å². The average molecular weight is 342 g/mol. The quantitative estimate of drug-likeness (QED) is 0.876. The number of nitrogens with one attached hydrogen (secondary N) is 2. The molecule has 1 amide bonds. The predicted molar refractivity (Wildman–Crippen MR) is 94.0 cm³/mol. The Labute approximate surface area is 147 Å². The Bertz CT molecular complexity index is 709. The molecule has 7 nitrogen and oxygen atoms in total. The summed E-state index contributed by atoms with van der Waals surface area (Å²) in [5, 5.41) is 15.4. The van der Waals surface area contributed by atoms with Crippen LogP contribution in [0.2, 0.25) is 0 Å². The van der Waals surface area contributed by atoms with Crippen LogP contribution in [0, 0.1) is 5.92 Å². The fourth-order valence-electron chi connectivity index (χ4n) is 4.30. The molecule has 4 atom stereocenters. The van der Waals surface area contributed by atoms with E-state index in [0.717, 1.165) is 37.9 Å². The third kappa shape index (κ3) is 3.33. The molecule has 3 heterocycles. The summed E-state index contributed by atoms with van der Waals surface area (Å²) in [6.07, 6.45) is 12.2. The maximum Gasteiger partial charge on any atom is 0.225 e. The van der Waals surface area contributed by atoms with Gasteiger partial charge in [-0.1, -0.05) is 12.8 Å². The van der Waals surface area contributed by atoms with Crippen molar-refractivity contribution in [1.82, 2.24) is 30.2 Å². The number of rotatable bonds is 4. The zero-order valence-electron chi connectivity index (χ0n) is 14.6. The molecular weight excluding hydrogens is 316 g/mol. The summed E-state index contributed by atoms with van der Waals surface area (Å²) in [4.78, 5) is 13.0. The molecule has 4 rings (SSSR count). The van der Waals surface area contributed by atoms with Crippen molar-refractivity contribution in [2.24, 2.45) is 13.0 Å². The minimum absolute atomic E-state index is 0.0376. The lowest BCUT2D eigenvalue weighted by atomic mass is 9.87. The van der Waals surface area contributed by atoms with Crippen molar-refractivity contribution in [2.45, 2.75) is 43.7 Å². The van der Waals surface area contributed by atoms with E-state index in [4.69, 9.17) is 0 Å². The summed E-state index contributed by atoms with van der Waals surface area (Å²) in [7, 11) is 1.91. The minimum atomic E-state index is -0.0376. The Morgan fingerprint density at radius 2 is 2.16 bits per heavy atom. The highest BCUT2D eigenvalue weighted by atomic mass is 16.2. The number of aromatic nitrogens is 4. The molecule has 2 fully saturated rings. The number of amides is 1. The highest BCUT2D eigenvalue weighted by Crippen LogP contribution is 2.31. The van der Waals surface area contributed by atoms with Crippen LogP contribution >= 0.6 is 0 Å². The summed E-state index contributed by atoms with van der Waals surface area (Å²) in [6.45, 7) is 1.56. The Kier molecular flexibility index (Phi) is 4.57. The van der Waals surface area contributed by atoms with E-state index in [1.165, 1.54) is 6.42 Å². The van der Waals surface area contributed by atoms with E-state index in [-0.39, 0.29) is 29.8 Å². The lowest BCUT2D eigenvalue weighted by Crippen LogP contribution is -2.46. The average Bonchev–Trinajstić information content (AvgIpc) is 3.36. The number of carbonyl (C=O) groups is 1. The van der Waals surface area contributed by atoms with Crippen LogP contribution in [0.4, 0.5) is 0 Å². The molecule has 2 unspecified atom stereocenters. The van der Waals surface area contributed by atoms with E-state index in [2.05, 4.69) is 20.8 Å². The van der Waals surface area contributed by atoms with Crippen LogP contribution in [0.5, 0.6) is 0 Å². The molecule has 1 aliphatic carbocycles. The van der Waals surface area contributed by atoms with Gasteiger partial charge in [0.25, 0.3) is 0 Å². The number of hydrogen-bond acceptors (Lipinski definition) is 4. The van der Waals surface area contributed by atoms with Gasteiger partial charge in [-0.2, -0.15) is 10.2 Å². The summed E-state index contributed by atoms with van der Waals surface area (Å²) in [6, 6.07) is 2.38. The Morgan fingerprint density at radius 1 is 1.28 bits per heavy atom. The molecule has 1 aliphatic heterocycles. The molecule has 2 aliphatic rings. The van der Waals surface area contributed by atoms with Crippen LogP contribution < -0.4 is 10.6 Å². The lowest BCUT2D eigenvalue weighted by molar-refractivity contribution is -0.126. The van der Waals surface area contributed by atoms with Crippen molar-refractivity contribution in [3.8, 4) is 0 Å². The van der Waals surface area contributed by atoms with Gasteiger partial charge in [0.15, 0.2) is 0 Å². The van der Waals surface area contributed by atoms with Crippen molar-refractivity contribution in [3.63, 3.8) is 0 Å². The van der Waals surface area contributed by atoms with Gasteiger partial charge in [-0.15, -0.1) is 0 Å². The summed E-state index contributed by atoms with van der Waals surface area (Å²) in [5.41, 5.74) is 1.14. The molecule has 1 saturated carbocycles. The lowest BCUT2D eigenvalue weighted by Gasteiger charge is -2.33. The molecule has 2 N–H and O–H groups in total.